The highest BCUT2D eigenvalue weighted by atomic mass is 16.5. The summed E-state index contributed by atoms with van der Waals surface area (Å²) in [7, 11) is 1.74. The predicted molar refractivity (Wildman–Crippen MR) is 133 cm³/mol. The summed E-state index contributed by atoms with van der Waals surface area (Å²) in [6.45, 7) is 5.58. The maximum atomic E-state index is 13.6. The van der Waals surface area contributed by atoms with Gasteiger partial charge in [0.15, 0.2) is 0 Å². The first kappa shape index (κ1) is 23.2. The number of nitrogens with one attached hydrogen (secondary N) is 3. The van der Waals surface area contributed by atoms with Crippen LogP contribution < -0.4 is 16.0 Å². The maximum Gasteiger partial charge on any atom is 0.269 e. The van der Waals surface area contributed by atoms with Crippen molar-refractivity contribution in [2.24, 2.45) is 36.6 Å². The van der Waals surface area contributed by atoms with Crippen molar-refractivity contribution < 1.29 is 19.1 Å². The monoisotopic (exact) mass is 491 g/mol. The number of ether oxygens (including phenoxy) is 1. The number of benzene rings is 1. The van der Waals surface area contributed by atoms with Gasteiger partial charge < -0.3 is 20.7 Å². The molecule has 4 aliphatic rings. The average Bonchev–Trinajstić information content (AvgIpc) is 3.47. The lowest BCUT2D eigenvalue weighted by atomic mass is 9.59. The Balaban J connectivity index is 1.22. The van der Waals surface area contributed by atoms with E-state index in [0.717, 1.165) is 17.7 Å². The van der Waals surface area contributed by atoms with Crippen molar-refractivity contribution >= 4 is 29.1 Å². The third-order valence-corrected chi connectivity index (χ3v) is 9.39. The van der Waals surface area contributed by atoms with Crippen LogP contribution in [0.2, 0.25) is 0 Å². The van der Waals surface area contributed by atoms with E-state index in [-0.39, 0.29) is 41.5 Å². The van der Waals surface area contributed by atoms with Crippen molar-refractivity contribution in [1.82, 2.24) is 15.1 Å². The minimum absolute atomic E-state index is 0.0119. The number of rotatable bonds is 4. The SMILES string of the molecule is CC1CC2C(NC(=O)c3ccnn3C)C(C(=O)Nc3ccc4c(c3)NC(=O)C43CCOCC3)C2C1C. The van der Waals surface area contributed by atoms with Crippen molar-refractivity contribution in [3.05, 3.63) is 41.7 Å². The van der Waals surface area contributed by atoms with E-state index in [4.69, 9.17) is 4.74 Å². The summed E-state index contributed by atoms with van der Waals surface area (Å²) >= 11 is 0. The highest BCUT2D eigenvalue weighted by molar-refractivity contribution is 6.07. The van der Waals surface area contributed by atoms with Crippen LogP contribution in [0, 0.1) is 29.6 Å². The number of aryl methyl sites for hydroxylation is 1. The number of anilines is 2. The number of nitrogens with zero attached hydrogens (tertiary/aromatic N) is 2. The average molecular weight is 492 g/mol. The van der Waals surface area contributed by atoms with Gasteiger partial charge in [0, 0.05) is 43.9 Å². The first-order valence-electron chi connectivity index (χ1n) is 12.9. The molecule has 3 heterocycles. The van der Waals surface area contributed by atoms with Gasteiger partial charge in [0.1, 0.15) is 5.69 Å². The molecule has 3 fully saturated rings. The zero-order valence-electron chi connectivity index (χ0n) is 20.9. The van der Waals surface area contributed by atoms with E-state index in [0.29, 0.717) is 49.3 Å². The van der Waals surface area contributed by atoms with Gasteiger partial charge in [-0.2, -0.15) is 5.10 Å². The molecule has 2 aliphatic carbocycles. The van der Waals surface area contributed by atoms with Crippen LogP contribution in [0.5, 0.6) is 0 Å². The summed E-state index contributed by atoms with van der Waals surface area (Å²) < 4.78 is 7.03. The lowest BCUT2D eigenvalue weighted by Gasteiger charge is -2.49. The second-order valence-corrected chi connectivity index (χ2v) is 11.1. The smallest absolute Gasteiger partial charge is 0.269 e. The topological polar surface area (TPSA) is 114 Å². The van der Waals surface area contributed by atoms with Gasteiger partial charge in [0.25, 0.3) is 5.91 Å². The Bertz CT molecular complexity index is 1230. The van der Waals surface area contributed by atoms with E-state index >= 15 is 0 Å². The Morgan fingerprint density at radius 1 is 1.19 bits per heavy atom. The van der Waals surface area contributed by atoms with Crippen molar-refractivity contribution in [3.8, 4) is 0 Å². The first-order valence-corrected chi connectivity index (χ1v) is 12.9. The number of carbonyl (C=O) groups excluding carboxylic acids is 3. The molecule has 36 heavy (non-hydrogen) atoms. The van der Waals surface area contributed by atoms with Gasteiger partial charge in [-0.1, -0.05) is 19.9 Å². The zero-order chi connectivity index (χ0) is 25.2. The molecule has 0 bridgehead atoms. The van der Waals surface area contributed by atoms with Crippen LogP contribution >= 0.6 is 0 Å². The Morgan fingerprint density at radius 2 is 1.97 bits per heavy atom. The molecule has 1 aromatic carbocycles. The molecule has 3 amide bonds. The number of carbonyl (C=O) groups is 3. The Hall–Kier alpha value is -3.20. The molecule has 6 rings (SSSR count). The molecular formula is C27H33N5O4. The van der Waals surface area contributed by atoms with Crippen LogP contribution in [0.15, 0.2) is 30.5 Å². The largest absolute Gasteiger partial charge is 0.381 e. The summed E-state index contributed by atoms with van der Waals surface area (Å²) in [6.07, 6.45) is 3.93. The quantitative estimate of drug-likeness (QED) is 0.609. The van der Waals surface area contributed by atoms with Crippen LogP contribution in [0.4, 0.5) is 11.4 Å². The summed E-state index contributed by atoms with van der Waals surface area (Å²) in [4.78, 5) is 39.4. The third-order valence-electron chi connectivity index (χ3n) is 9.39. The zero-order valence-corrected chi connectivity index (χ0v) is 20.9. The Labute approximate surface area is 210 Å². The minimum Gasteiger partial charge on any atom is -0.381 e. The molecule has 6 atom stereocenters. The lowest BCUT2D eigenvalue weighted by Crippen LogP contribution is -2.62. The van der Waals surface area contributed by atoms with E-state index in [1.54, 1.807) is 24.0 Å². The standard InChI is InChI=1S/C27H33N5O4/c1-14-12-17-21(15(14)2)22(23(17)31-24(33)20-6-9-28-32(20)3)25(34)29-16-4-5-18-19(13-16)30-26(35)27(18)7-10-36-11-8-27/h4-6,9,13-15,17,21-23H,7-8,10-12H2,1-3H3,(H,29,34)(H,30,35)(H,31,33). The molecule has 9 nitrogen and oxygen atoms in total. The van der Waals surface area contributed by atoms with Gasteiger partial charge >= 0.3 is 0 Å². The molecule has 0 radical (unpaired) electrons. The van der Waals surface area contributed by atoms with Crippen LogP contribution in [-0.4, -0.2) is 46.8 Å². The number of fused-ring (bicyclic) bond motifs is 3. The molecule has 190 valence electrons. The summed E-state index contributed by atoms with van der Waals surface area (Å²) in [5.74, 6) is 0.841. The van der Waals surface area contributed by atoms with Crippen molar-refractivity contribution in [1.29, 1.82) is 0 Å². The Kier molecular flexibility index (Phi) is 5.44. The minimum atomic E-state index is -0.534. The van der Waals surface area contributed by atoms with Crippen molar-refractivity contribution in [2.45, 2.75) is 44.6 Å². The number of hydrogen-bond donors (Lipinski definition) is 3. The molecule has 2 saturated carbocycles. The molecule has 1 saturated heterocycles. The van der Waals surface area contributed by atoms with Crippen LogP contribution in [0.25, 0.3) is 0 Å². The molecule has 3 N–H and O–H groups in total. The fourth-order valence-electron chi connectivity index (χ4n) is 7.22. The number of hydrogen-bond acceptors (Lipinski definition) is 5. The molecule has 2 aliphatic heterocycles. The van der Waals surface area contributed by atoms with Crippen LogP contribution in [0.3, 0.4) is 0 Å². The highest BCUT2D eigenvalue weighted by Crippen LogP contribution is 2.57. The number of amides is 3. The Morgan fingerprint density at radius 3 is 2.69 bits per heavy atom. The first-order chi connectivity index (χ1) is 17.3. The van der Waals surface area contributed by atoms with Gasteiger partial charge in [0.05, 0.1) is 11.3 Å². The van der Waals surface area contributed by atoms with Crippen molar-refractivity contribution in [2.75, 3.05) is 23.8 Å². The summed E-state index contributed by atoms with van der Waals surface area (Å²) in [5.41, 5.74) is 2.34. The van der Waals surface area contributed by atoms with Gasteiger partial charge in [-0.15, -0.1) is 0 Å². The van der Waals surface area contributed by atoms with E-state index < -0.39 is 5.41 Å². The predicted octanol–water partition coefficient (Wildman–Crippen LogP) is 2.70. The lowest BCUT2D eigenvalue weighted by molar-refractivity contribution is -0.131. The number of aromatic nitrogens is 2. The van der Waals surface area contributed by atoms with E-state index in [9.17, 15) is 14.4 Å². The molecule has 2 aromatic rings. The fraction of sp³-hybridized carbons (Fsp3) is 0.556. The van der Waals surface area contributed by atoms with Gasteiger partial charge in [-0.3, -0.25) is 19.1 Å². The molecule has 6 unspecified atom stereocenters. The summed E-state index contributed by atoms with van der Waals surface area (Å²) in [5, 5.41) is 13.4. The van der Waals surface area contributed by atoms with E-state index in [1.807, 2.05) is 18.2 Å². The molecule has 1 aromatic heterocycles. The third kappa shape index (κ3) is 3.39. The summed E-state index contributed by atoms with van der Waals surface area (Å²) in [6, 6.07) is 7.16. The van der Waals surface area contributed by atoms with E-state index in [1.165, 1.54) is 0 Å². The molecule has 9 heteroatoms. The van der Waals surface area contributed by atoms with Gasteiger partial charge in [-0.25, -0.2) is 0 Å². The second kappa shape index (κ2) is 8.44. The van der Waals surface area contributed by atoms with Crippen LogP contribution in [0.1, 0.15) is 49.2 Å². The van der Waals surface area contributed by atoms with Gasteiger partial charge in [0.2, 0.25) is 11.8 Å². The molecule has 1 spiro atoms. The van der Waals surface area contributed by atoms with E-state index in [2.05, 4.69) is 34.9 Å². The van der Waals surface area contributed by atoms with Gasteiger partial charge in [-0.05, 0) is 66.7 Å². The second-order valence-electron chi connectivity index (χ2n) is 11.1. The normalized spacial score (nSPS) is 31.8. The highest BCUT2D eigenvalue weighted by Gasteiger charge is 2.60. The van der Waals surface area contributed by atoms with Crippen LogP contribution in [-0.2, 0) is 26.8 Å². The molecular weight excluding hydrogens is 458 g/mol. The van der Waals surface area contributed by atoms with Crippen molar-refractivity contribution in [3.63, 3.8) is 0 Å². The maximum absolute atomic E-state index is 13.6. The fourth-order valence-corrected chi connectivity index (χ4v) is 7.22.